The van der Waals surface area contributed by atoms with Crippen molar-refractivity contribution in [1.82, 2.24) is 19.5 Å². The zero-order valence-corrected chi connectivity index (χ0v) is 20.1. The third kappa shape index (κ3) is 5.29. The molecule has 3 heterocycles. The van der Waals surface area contributed by atoms with E-state index in [1.54, 1.807) is 49.6 Å². The van der Waals surface area contributed by atoms with Crippen molar-refractivity contribution in [3.8, 4) is 11.1 Å². The lowest BCUT2D eigenvalue weighted by atomic mass is 10.1. The first-order chi connectivity index (χ1) is 16.8. The number of carbonyl (C=O) groups is 1. The van der Waals surface area contributed by atoms with E-state index in [1.165, 1.54) is 17.2 Å². The Balaban J connectivity index is 1.45. The molecule has 0 bridgehead atoms. The number of hydrogen-bond donors (Lipinski definition) is 1. The summed E-state index contributed by atoms with van der Waals surface area (Å²) >= 11 is 0. The number of halogens is 1. The number of rotatable bonds is 8. The van der Waals surface area contributed by atoms with Gasteiger partial charge in [-0.25, -0.2) is 14.2 Å². The highest BCUT2D eigenvalue weighted by atomic mass is 19.1. The fourth-order valence-corrected chi connectivity index (χ4v) is 4.10. The van der Waals surface area contributed by atoms with Gasteiger partial charge in [-0.1, -0.05) is 11.3 Å². The van der Waals surface area contributed by atoms with Crippen molar-refractivity contribution in [2.75, 3.05) is 32.1 Å². The maximum Gasteiger partial charge on any atom is 0.414 e. The van der Waals surface area contributed by atoms with Crippen molar-refractivity contribution in [1.29, 1.82) is 0 Å². The Hall–Kier alpha value is -3.86. The molecule has 0 aliphatic carbocycles. The molecule has 2 unspecified atom stereocenters. The molecular weight excluding hydrogens is 453 g/mol. The maximum atomic E-state index is 15.0. The molecule has 11 heteroatoms. The zero-order valence-electron chi connectivity index (χ0n) is 20.1. The first kappa shape index (κ1) is 24.3. The van der Waals surface area contributed by atoms with Gasteiger partial charge in [0, 0.05) is 36.3 Å². The average molecular weight is 482 g/mol. The number of imidazole rings is 1. The van der Waals surface area contributed by atoms with Crippen LogP contribution in [0.1, 0.15) is 23.3 Å². The van der Waals surface area contributed by atoms with Gasteiger partial charge in [-0.2, -0.15) is 5.11 Å². The van der Waals surface area contributed by atoms with Crippen LogP contribution in [0, 0.1) is 19.7 Å². The Kier molecular flexibility index (Phi) is 7.06. The molecule has 4 rings (SSSR count). The number of ether oxygens (including phenoxy) is 1. The number of anilines is 1. The molecule has 0 spiro atoms. The number of likely N-dealkylation sites (N-methyl/N-ethyl adjacent to an activating group) is 1. The number of carbonyl (C=O) groups excluding carboxylic acids is 1. The van der Waals surface area contributed by atoms with E-state index in [4.69, 9.17) is 4.74 Å². The van der Waals surface area contributed by atoms with Crippen LogP contribution >= 0.6 is 0 Å². The largest absolute Gasteiger partial charge is 0.442 e. The van der Waals surface area contributed by atoms with Gasteiger partial charge in [-0.3, -0.25) is 14.9 Å². The van der Waals surface area contributed by atoms with Crippen molar-refractivity contribution in [3.63, 3.8) is 0 Å². The molecule has 10 nitrogen and oxygen atoms in total. The normalized spacial score (nSPS) is 16.7. The van der Waals surface area contributed by atoms with Crippen LogP contribution < -0.4 is 4.90 Å². The Bertz CT molecular complexity index is 1210. The molecule has 1 N–H and O–H groups in total. The van der Waals surface area contributed by atoms with Crippen LogP contribution in [-0.2, 0) is 11.3 Å². The van der Waals surface area contributed by atoms with E-state index in [0.29, 0.717) is 35.6 Å². The van der Waals surface area contributed by atoms with Crippen LogP contribution in [-0.4, -0.2) is 64.0 Å². The second-order valence-corrected chi connectivity index (χ2v) is 8.46. The molecule has 184 valence electrons. The predicted octanol–water partition coefficient (Wildman–Crippen LogP) is 3.69. The number of nitrogens with zero attached hydrogens (tertiary/aromatic N) is 7. The van der Waals surface area contributed by atoms with E-state index in [1.807, 2.05) is 18.4 Å². The van der Waals surface area contributed by atoms with Crippen LogP contribution in [0.4, 0.5) is 14.9 Å². The molecular formula is C24H28FN7O3. The number of hydrogen-bond acceptors (Lipinski definition) is 7. The van der Waals surface area contributed by atoms with Crippen LogP contribution in [0.15, 0.2) is 53.1 Å². The van der Waals surface area contributed by atoms with Gasteiger partial charge in [0.2, 0.25) is 0 Å². The number of aromatic nitrogens is 3. The predicted molar refractivity (Wildman–Crippen MR) is 127 cm³/mol. The highest BCUT2D eigenvalue weighted by Gasteiger charge is 2.33. The van der Waals surface area contributed by atoms with Crippen LogP contribution in [0.2, 0.25) is 0 Å². The highest BCUT2D eigenvalue weighted by Crippen LogP contribution is 2.29. The first-order valence-electron chi connectivity index (χ1n) is 11.2. The minimum atomic E-state index is -0.824. The summed E-state index contributed by atoms with van der Waals surface area (Å²) in [6.45, 7) is 4.79. The lowest BCUT2D eigenvalue weighted by Crippen LogP contribution is -2.29. The second kappa shape index (κ2) is 10.2. The van der Waals surface area contributed by atoms with Gasteiger partial charge in [0.05, 0.1) is 38.1 Å². The van der Waals surface area contributed by atoms with Gasteiger partial charge in [-0.05, 0) is 38.1 Å². The SMILES string of the molecule is CN=NN(C)CC1CN(c2ccc(-c3ccc(C(O)Cn4c(C)cnc4C)nc3)c(F)c2)C(=O)O1. The highest BCUT2D eigenvalue weighted by molar-refractivity contribution is 5.90. The minimum absolute atomic E-state index is 0.283. The molecule has 2 atom stereocenters. The van der Waals surface area contributed by atoms with E-state index >= 15 is 4.39 Å². The van der Waals surface area contributed by atoms with Gasteiger partial charge in [0.25, 0.3) is 0 Å². The quantitative estimate of drug-likeness (QED) is 0.388. The van der Waals surface area contributed by atoms with Crippen molar-refractivity contribution in [3.05, 3.63) is 65.8 Å². The molecule has 1 aliphatic heterocycles. The average Bonchev–Trinajstić information content (AvgIpc) is 3.35. The van der Waals surface area contributed by atoms with Crippen LogP contribution in [0.5, 0.6) is 0 Å². The summed E-state index contributed by atoms with van der Waals surface area (Å²) in [5.41, 5.74) is 2.75. The maximum absolute atomic E-state index is 15.0. The molecule has 2 aromatic heterocycles. The summed E-state index contributed by atoms with van der Waals surface area (Å²) in [6.07, 6.45) is 1.52. The van der Waals surface area contributed by atoms with Crippen molar-refractivity contribution < 1.29 is 19.0 Å². The Morgan fingerprint density at radius 3 is 2.69 bits per heavy atom. The number of amides is 1. The number of aliphatic hydroxyl groups excluding tert-OH is 1. The fraction of sp³-hybridized carbons (Fsp3) is 0.375. The number of aryl methyl sites for hydroxylation is 2. The number of aliphatic hydroxyl groups is 1. The van der Waals surface area contributed by atoms with Gasteiger partial charge in [-0.15, -0.1) is 0 Å². The van der Waals surface area contributed by atoms with Gasteiger partial charge < -0.3 is 14.4 Å². The first-order valence-corrected chi connectivity index (χ1v) is 11.2. The standard InChI is InChI=1S/C24H28FN7O3/c1-15-10-27-16(2)31(15)14-23(33)22-8-5-17(11-28-22)20-7-6-18(9-21(20)25)32-13-19(35-24(32)34)12-30(4)29-26-3/h5-11,19,23,33H,12-14H2,1-4H3. The lowest BCUT2D eigenvalue weighted by Gasteiger charge is -2.16. The fourth-order valence-electron chi connectivity index (χ4n) is 4.10. The molecule has 3 aromatic rings. The summed E-state index contributed by atoms with van der Waals surface area (Å²) in [5, 5.41) is 19.7. The van der Waals surface area contributed by atoms with Gasteiger partial charge in [0.1, 0.15) is 23.8 Å². The van der Waals surface area contributed by atoms with Crippen LogP contribution in [0.3, 0.4) is 0 Å². The zero-order chi connectivity index (χ0) is 25.1. The summed E-state index contributed by atoms with van der Waals surface area (Å²) in [7, 11) is 3.29. The van der Waals surface area contributed by atoms with E-state index in [9.17, 15) is 9.90 Å². The van der Waals surface area contributed by atoms with Crippen molar-refractivity contribution in [2.24, 2.45) is 10.3 Å². The number of cyclic esters (lactones) is 1. The Morgan fingerprint density at radius 2 is 2.06 bits per heavy atom. The molecule has 1 fully saturated rings. The van der Waals surface area contributed by atoms with E-state index in [-0.39, 0.29) is 6.54 Å². The van der Waals surface area contributed by atoms with Gasteiger partial charge in [0.15, 0.2) is 0 Å². The summed E-state index contributed by atoms with van der Waals surface area (Å²) < 4.78 is 22.3. The molecule has 1 aromatic carbocycles. The van der Waals surface area contributed by atoms with Gasteiger partial charge >= 0.3 is 6.09 Å². The third-order valence-electron chi connectivity index (χ3n) is 5.90. The topological polar surface area (TPSA) is 108 Å². The molecule has 1 saturated heterocycles. The number of benzene rings is 1. The molecule has 35 heavy (non-hydrogen) atoms. The van der Waals surface area contributed by atoms with E-state index in [2.05, 4.69) is 20.3 Å². The smallest absolute Gasteiger partial charge is 0.414 e. The Labute approximate surface area is 202 Å². The third-order valence-corrected chi connectivity index (χ3v) is 5.90. The van der Waals surface area contributed by atoms with Crippen molar-refractivity contribution in [2.45, 2.75) is 32.6 Å². The summed E-state index contributed by atoms with van der Waals surface area (Å²) in [6, 6.07) is 7.98. The minimum Gasteiger partial charge on any atom is -0.442 e. The Morgan fingerprint density at radius 1 is 1.26 bits per heavy atom. The molecule has 0 saturated carbocycles. The molecule has 0 radical (unpaired) electrons. The second-order valence-electron chi connectivity index (χ2n) is 8.46. The van der Waals surface area contributed by atoms with Crippen molar-refractivity contribution >= 4 is 11.8 Å². The number of pyridine rings is 1. The monoisotopic (exact) mass is 481 g/mol. The molecule has 1 amide bonds. The van der Waals surface area contributed by atoms with E-state index in [0.717, 1.165) is 11.5 Å². The summed E-state index contributed by atoms with van der Waals surface area (Å²) in [5.74, 6) is 0.322. The summed E-state index contributed by atoms with van der Waals surface area (Å²) in [4.78, 5) is 22.3. The lowest BCUT2D eigenvalue weighted by molar-refractivity contribution is 0.115. The molecule has 1 aliphatic rings. The van der Waals surface area contributed by atoms with E-state index < -0.39 is 24.1 Å². The van der Waals surface area contributed by atoms with Crippen LogP contribution in [0.25, 0.3) is 11.1 Å².